The van der Waals surface area contributed by atoms with Crippen LogP contribution in [0.2, 0.25) is 0 Å². The molecule has 0 spiro atoms. The fraction of sp³-hybridized carbons (Fsp3) is 0.538. The van der Waals surface area contributed by atoms with Gasteiger partial charge in [0, 0.05) is 19.3 Å². The zero-order chi connectivity index (χ0) is 13.0. The van der Waals surface area contributed by atoms with E-state index in [0.29, 0.717) is 5.92 Å². The van der Waals surface area contributed by atoms with Gasteiger partial charge in [0.1, 0.15) is 5.82 Å². The minimum absolute atomic E-state index is 0.242. The van der Waals surface area contributed by atoms with Gasteiger partial charge in [0.05, 0.1) is 5.56 Å². The molecule has 0 amide bonds. The smallest absolute Gasteiger partial charge is 0.337 e. The number of carboxylic acid groups (broad SMARTS) is 1. The minimum Gasteiger partial charge on any atom is -0.478 e. The Kier molecular flexibility index (Phi) is 4.49. The predicted octanol–water partition coefficient (Wildman–Crippen LogP) is 2.57. The fourth-order valence-corrected chi connectivity index (χ4v) is 1.82. The van der Waals surface area contributed by atoms with Crippen molar-refractivity contribution >= 4 is 11.8 Å². The summed E-state index contributed by atoms with van der Waals surface area (Å²) in [6.45, 7) is 10.1. The monoisotopic (exact) mass is 236 g/mol. The number of pyridine rings is 1. The van der Waals surface area contributed by atoms with Crippen LogP contribution in [0.5, 0.6) is 0 Å². The Morgan fingerprint density at radius 1 is 1.53 bits per heavy atom. The van der Waals surface area contributed by atoms with Gasteiger partial charge < -0.3 is 10.0 Å². The summed E-state index contributed by atoms with van der Waals surface area (Å²) in [5.41, 5.74) is 1.15. The molecular formula is C13H20N2O2. The lowest BCUT2D eigenvalue weighted by atomic mass is 10.1. The minimum atomic E-state index is -0.931. The van der Waals surface area contributed by atoms with E-state index in [9.17, 15) is 4.79 Å². The molecule has 0 fully saturated rings. The molecule has 0 saturated carbocycles. The van der Waals surface area contributed by atoms with Crippen LogP contribution < -0.4 is 4.90 Å². The number of nitrogens with zero attached hydrogens (tertiary/aromatic N) is 2. The SMILES string of the molecule is CCN(CC(C)C)c1ncc(C(=O)O)cc1C. The van der Waals surface area contributed by atoms with Crippen molar-refractivity contribution in [2.75, 3.05) is 18.0 Å². The summed E-state index contributed by atoms with van der Waals surface area (Å²) in [5.74, 6) is 0.501. The summed E-state index contributed by atoms with van der Waals surface area (Å²) < 4.78 is 0. The van der Waals surface area contributed by atoms with Crippen LogP contribution >= 0.6 is 0 Å². The molecule has 1 N–H and O–H groups in total. The highest BCUT2D eigenvalue weighted by molar-refractivity contribution is 5.87. The quantitative estimate of drug-likeness (QED) is 0.853. The molecule has 17 heavy (non-hydrogen) atoms. The number of aromatic nitrogens is 1. The van der Waals surface area contributed by atoms with Gasteiger partial charge in [0.15, 0.2) is 0 Å². The summed E-state index contributed by atoms with van der Waals surface area (Å²) in [5, 5.41) is 8.89. The van der Waals surface area contributed by atoms with Crippen LogP contribution in [0.25, 0.3) is 0 Å². The van der Waals surface area contributed by atoms with Crippen LogP contribution in [0.3, 0.4) is 0 Å². The third kappa shape index (κ3) is 3.44. The van der Waals surface area contributed by atoms with Gasteiger partial charge in [-0.3, -0.25) is 0 Å². The fourth-order valence-electron chi connectivity index (χ4n) is 1.82. The number of carbonyl (C=O) groups is 1. The van der Waals surface area contributed by atoms with E-state index >= 15 is 0 Å². The van der Waals surface area contributed by atoms with E-state index in [1.807, 2.05) is 6.92 Å². The Labute approximate surface area is 102 Å². The number of aromatic carboxylic acids is 1. The van der Waals surface area contributed by atoms with E-state index < -0.39 is 5.97 Å². The van der Waals surface area contributed by atoms with Gasteiger partial charge in [-0.15, -0.1) is 0 Å². The molecule has 1 aromatic heterocycles. The highest BCUT2D eigenvalue weighted by Crippen LogP contribution is 2.19. The van der Waals surface area contributed by atoms with Crippen molar-refractivity contribution in [2.45, 2.75) is 27.7 Å². The zero-order valence-corrected chi connectivity index (χ0v) is 10.9. The normalized spacial score (nSPS) is 10.6. The Hall–Kier alpha value is -1.58. The van der Waals surface area contributed by atoms with Gasteiger partial charge in [-0.05, 0) is 31.4 Å². The second kappa shape index (κ2) is 5.66. The Morgan fingerprint density at radius 3 is 2.59 bits per heavy atom. The molecule has 1 heterocycles. The van der Waals surface area contributed by atoms with E-state index in [4.69, 9.17) is 5.11 Å². The van der Waals surface area contributed by atoms with Gasteiger partial charge in [0.25, 0.3) is 0 Å². The van der Waals surface area contributed by atoms with Crippen molar-refractivity contribution in [3.63, 3.8) is 0 Å². The molecule has 0 aromatic carbocycles. The number of carboxylic acids is 1. The lowest BCUT2D eigenvalue weighted by Gasteiger charge is -2.25. The van der Waals surface area contributed by atoms with Crippen molar-refractivity contribution in [2.24, 2.45) is 5.92 Å². The maximum Gasteiger partial charge on any atom is 0.337 e. The molecule has 0 bridgehead atoms. The second-order valence-corrected chi connectivity index (χ2v) is 4.60. The zero-order valence-electron chi connectivity index (χ0n) is 10.9. The average Bonchev–Trinajstić information content (AvgIpc) is 2.25. The van der Waals surface area contributed by atoms with Crippen molar-refractivity contribution < 1.29 is 9.90 Å². The summed E-state index contributed by atoms with van der Waals surface area (Å²) in [6, 6.07) is 1.67. The second-order valence-electron chi connectivity index (χ2n) is 4.60. The van der Waals surface area contributed by atoms with E-state index in [1.165, 1.54) is 6.20 Å². The van der Waals surface area contributed by atoms with E-state index in [-0.39, 0.29) is 5.56 Å². The van der Waals surface area contributed by atoms with E-state index in [0.717, 1.165) is 24.5 Å². The van der Waals surface area contributed by atoms with Crippen molar-refractivity contribution in [1.82, 2.24) is 4.98 Å². The average molecular weight is 236 g/mol. The van der Waals surface area contributed by atoms with Gasteiger partial charge in [-0.1, -0.05) is 13.8 Å². The number of hydrogen-bond acceptors (Lipinski definition) is 3. The standard InChI is InChI=1S/C13H20N2O2/c1-5-15(8-9(2)3)12-10(4)6-11(7-14-12)13(16)17/h6-7,9H,5,8H2,1-4H3,(H,16,17). The lowest BCUT2D eigenvalue weighted by Crippen LogP contribution is -2.28. The number of hydrogen-bond donors (Lipinski definition) is 1. The third-order valence-electron chi connectivity index (χ3n) is 2.56. The molecule has 1 rings (SSSR count). The first-order chi connectivity index (χ1) is 7.95. The van der Waals surface area contributed by atoms with E-state index in [1.54, 1.807) is 6.07 Å². The first kappa shape index (κ1) is 13.5. The molecule has 0 atom stereocenters. The molecule has 4 nitrogen and oxygen atoms in total. The maximum absolute atomic E-state index is 10.8. The maximum atomic E-state index is 10.8. The Bertz CT molecular complexity index is 402. The number of rotatable bonds is 5. The van der Waals surface area contributed by atoms with Crippen LogP contribution in [0, 0.1) is 12.8 Å². The van der Waals surface area contributed by atoms with Gasteiger partial charge >= 0.3 is 5.97 Å². The summed E-state index contributed by atoms with van der Waals surface area (Å²) in [7, 11) is 0. The molecule has 0 saturated heterocycles. The van der Waals surface area contributed by atoms with Crippen molar-refractivity contribution in [1.29, 1.82) is 0 Å². The van der Waals surface area contributed by atoms with Crippen LogP contribution in [-0.2, 0) is 0 Å². The van der Waals surface area contributed by atoms with Crippen molar-refractivity contribution in [3.8, 4) is 0 Å². The first-order valence-corrected chi connectivity index (χ1v) is 5.90. The summed E-state index contributed by atoms with van der Waals surface area (Å²) in [4.78, 5) is 17.3. The molecular weight excluding hydrogens is 216 g/mol. The van der Waals surface area contributed by atoms with E-state index in [2.05, 4.69) is 30.7 Å². The molecule has 0 radical (unpaired) electrons. The predicted molar refractivity (Wildman–Crippen MR) is 68.7 cm³/mol. The molecule has 0 aliphatic rings. The van der Waals surface area contributed by atoms with Crippen LogP contribution in [0.15, 0.2) is 12.3 Å². The topological polar surface area (TPSA) is 53.4 Å². The molecule has 0 unspecified atom stereocenters. The third-order valence-corrected chi connectivity index (χ3v) is 2.56. The van der Waals surface area contributed by atoms with Crippen LogP contribution in [-0.4, -0.2) is 29.1 Å². The molecule has 0 aliphatic carbocycles. The molecule has 94 valence electrons. The van der Waals surface area contributed by atoms with Gasteiger partial charge in [0.2, 0.25) is 0 Å². The van der Waals surface area contributed by atoms with Crippen molar-refractivity contribution in [3.05, 3.63) is 23.4 Å². The van der Waals surface area contributed by atoms with Crippen LogP contribution in [0.4, 0.5) is 5.82 Å². The lowest BCUT2D eigenvalue weighted by molar-refractivity contribution is 0.0696. The highest BCUT2D eigenvalue weighted by Gasteiger charge is 2.13. The summed E-state index contributed by atoms with van der Waals surface area (Å²) >= 11 is 0. The molecule has 1 aromatic rings. The summed E-state index contributed by atoms with van der Waals surface area (Å²) in [6.07, 6.45) is 1.42. The van der Waals surface area contributed by atoms with Gasteiger partial charge in [-0.25, -0.2) is 9.78 Å². The Morgan fingerprint density at radius 2 is 2.18 bits per heavy atom. The molecule has 4 heteroatoms. The highest BCUT2D eigenvalue weighted by atomic mass is 16.4. The van der Waals surface area contributed by atoms with Crippen LogP contribution in [0.1, 0.15) is 36.7 Å². The largest absolute Gasteiger partial charge is 0.478 e. The number of anilines is 1. The van der Waals surface area contributed by atoms with Gasteiger partial charge in [-0.2, -0.15) is 0 Å². The number of aryl methyl sites for hydroxylation is 1. The molecule has 0 aliphatic heterocycles. The first-order valence-electron chi connectivity index (χ1n) is 5.90. The Balaban J connectivity index is 3.00.